The number of halogens is 39. The van der Waals surface area contributed by atoms with Crippen LogP contribution in [-0.2, 0) is 9.53 Å². The highest BCUT2D eigenvalue weighted by molar-refractivity contribution is 5.87. The van der Waals surface area contributed by atoms with E-state index in [0.29, 0.717) is 0 Å². The first kappa shape index (κ1) is 60.5. The first-order valence-electron chi connectivity index (χ1n) is 13.6. The summed E-state index contributed by atoms with van der Waals surface area (Å²) in [5.41, 5.74) is -2.56. The Morgan fingerprint density at radius 3 is 0.516 bits per heavy atom. The van der Waals surface area contributed by atoms with Crippen LogP contribution in [0.15, 0.2) is 12.2 Å². The van der Waals surface area contributed by atoms with Gasteiger partial charge < -0.3 is 4.74 Å². The van der Waals surface area contributed by atoms with Gasteiger partial charge in [0.25, 0.3) is 0 Å². The van der Waals surface area contributed by atoms with Gasteiger partial charge in [-0.25, -0.2) is 4.79 Å². The lowest BCUT2D eigenvalue weighted by molar-refractivity contribution is -0.502. The number of carbonyl (C=O) groups is 1. The second kappa shape index (κ2) is 14.7. The van der Waals surface area contributed by atoms with E-state index in [2.05, 4.69) is 0 Å². The summed E-state index contributed by atoms with van der Waals surface area (Å²) in [5.74, 6) is -174. The fraction of sp³-hybridized carbons (Fsp3) is 0.870. The van der Waals surface area contributed by atoms with E-state index in [9.17, 15) is 172 Å². The third kappa shape index (κ3) is 6.89. The largest absolute Gasteiger partial charge is 0.460 e. The first-order valence-corrected chi connectivity index (χ1v) is 13.6. The summed E-state index contributed by atoms with van der Waals surface area (Å²) in [6.07, 6.45) is -17.0. The van der Waals surface area contributed by atoms with Gasteiger partial charge in [-0.3, -0.25) is 0 Å². The molecule has 41 heteroatoms. The molecular weight excluding hydrogens is 1050 g/mol. The van der Waals surface area contributed by atoms with Gasteiger partial charge in [-0.1, -0.05) is 6.58 Å². The molecule has 0 aliphatic carbocycles. The Morgan fingerprint density at radius 1 is 0.266 bits per heavy atom. The van der Waals surface area contributed by atoms with E-state index >= 15 is 4.39 Å². The fourth-order valence-electron chi connectivity index (χ4n) is 3.67. The molecule has 0 amide bonds. The van der Waals surface area contributed by atoms with Crippen molar-refractivity contribution in [3.8, 4) is 0 Å². The lowest BCUT2D eigenvalue weighted by Gasteiger charge is -2.48. The molecule has 0 fully saturated rings. The minimum absolute atomic E-state index is 0.550. The Labute approximate surface area is 320 Å². The van der Waals surface area contributed by atoms with E-state index in [-0.39, 0.29) is 0 Å². The van der Waals surface area contributed by atoms with Crippen molar-refractivity contribution in [2.45, 2.75) is 120 Å². The van der Waals surface area contributed by atoms with Crippen LogP contribution >= 0.6 is 0 Å². The predicted octanol–water partition coefficient (Wildman–Crippen LogP) is 13.1. The normalized spacial score (nSPS) is 17.6. The van der Waals surface area contributed by atoms with Crippen LogP contribution < -0.4 is 0 Å². The zero-order valence-corrected chi connectivity index (χ0v) is 27.8. The number of esters is 1. The molecule has 0 N–H and O–H groups in total. The van der Waals surface area contributed by atoms with E-state index in [1.54, 1.807) is 4.74 Å². The van der Waals surface area contributed by atoms with Crippen LogP contribution in [0.4, 0.5) is 171 Å². The van der Waals surface area contributed by atoms with Gasteiger partial charge in [0.15, 0.2) is 0 Å². The van der Waals surface area contributed by atoms with E-state index in [0.717, 1.165) is 0 Å². The van der Waals surface area contributed by atoms with Crippen molar-refractivity contribution in [1.82, 2.24) is 0 Å². The molecule has 64 heavy (non-hydrogen) atoms. The Bertz CT molecular complexity index is 1760. The van der Waals surface area contributed by atoms with Gasteiger partial charge >= 0.3 is 119 Å². The van der Waals surface area contributed by atoms with Gasteiger partial charge in [-0.15, -0.1) is 0 Å². The molecule has 382 valence electrons. The molecule has 0 radical (unpaired) electrons. The molecule has 1 atom stereocenters. The molecule has 0 rings (SSSR count). The molecule has 0 spiro atoms. The number of carbonyl (C=O) groups excluding carboxylic acids is 1. The monoisotopic (exact) mass is 1050 g/mol. The number of hydrogen-bond donors (Lipinski definition) is 0. The van der Waals surface area contributed by atoms with Gasteiger partial charge in [0, 0.05) is 5.57 Å². The topological polar surface area (TPSA) is 26.3 Å². The number of alkyl halides is 39. The average Bonchev–Trinajstić information content (AvgIpc) is 3.05. The van der Waals surface area contributed by atoms with Crippen LogP contribution in [-0.4, -0.2) is 119 Å². The Balaban J connectivity index is 8.56. The highest BCUT2D eigenvalue weighted by Crippen LogP contribution is 2.71. The van der Waals surface area contributed by atoms with Gasteiger partial charge in [-0.2, -0.15) is 171 Å². The number of hydrogen-bond acceptors (Lipinski definition) is 2. The average molecular weight is 1050 g/mol. The van der Waals surface area contributed by atoms with Crippen molar-refractivity contribution < 1.29 is 181 Å². The predicted molar refractivity (Wildman–Crippen MR) is 116 cm³/mol. The van der Waals surface area contributed by atoms with E-state index in [1.807, 2.05) is 6.58 Å². The van der Waals surface area contributed by atoms with Crippen LogP contribution in [0.3, 0.4) is 0 Å². The Morgan fingerprint density at radius 2 is 0.391 bits per heavy atom. The first-order chi connectivity index (χ1) is 26.8. The molecule has 0 saturated heterocycles. The summed E-state index contributed by atoms with van der Waals surface area (Å²) < 4.78 is 536. The summed E-state index contributed by atoms with van der Waals surface area (Å²) in [6.45, 7) is 1.26. The Kier molecular flexibility index (Phi) is 13.9. The quantitative estimate of drug-likeness (QED) is 0.0777. The van der Waals surface area contributed by atoms with Crippen molar-refractivity contribution >= 4 is 5.97 Å². The van der Waals surface area contributed by atoms with E-state index in [1.165, 1.54) is 0 Å². The van der Waals surface area contributed by atoms with Crippen LogP contribution in [0.1, 0.15) is 6.92 Å². The third-order valence-corrected chi connectivity index (χ3v) is 7.62. The SMILES string of the molecule is C=C(C)C(=O)OC(F)(C(F)(F)C(F)(F)C(F)(F)C(F)(F)C(F)(F)C(F)(F)C(F)(F)C(F)(F)F)C(F)(F)C(F)(F)C(F)(F)C(F)(F)C(F)(F)C(F)(F)C(F)(F)C(F)(F)C(F)(F)C(F)(F)F. The maximum absolute atomic E-state index is 15.3. The summed E-state index contributed by atoms with van der Waals surface area (Å²) >= 11 is 0. The van der Waals surface area contributed by atoms with Crippen LogP contribution in [0.25, 0.3) is 0 Å². The molecule has 0 heterocycles. The van der Waals surface area contributed by atoms with Crippen LogP contribution in [0.2, 0.25) is 0 Å². The van der Waals surface area contributed by atoms with Gasteiger partial charge in [-0.05, 0) is 6.92 Å². The van der Waals surface area contributed by atoms with Crippen molar-refractivity contribution in [1.29, 1.82) is 0 Å². The van der Waals surface area contributed by atoms with Gasteiger partial charge in [0.2, 0.25) is 0 Å². The maximum atomic E-state index is 15.3. The van der Waals surface area contributed by atoms with Crippen molar-refractivity contribution in [2.24, 2.45) is 0 Å². The minimum Gasteiger partial charge on any atom is -0.413 e. The summed E-state index contributed by atoms with van der Waals surface area (Å²) in [5, 5.41) is 0. The lowest BCUT2D eigenvalue weighted by atomic mass is 9.81. The molecule has 0 saturated carbocycles. The number of rotatable bonds is 18. The molecule has 1 unspecified atom stereocenters. The standard InChI is InChI=1S/C23H5F39O2/c1-3(2)4(63)64-21(56,18(50,51)14(42,43)10(34,35)8(30,31)12(38,39)16(46,47)20(54,55)23(60,61)62)17(48,49)13(40,41)9(32,33)6(26,27)5(24,25)7(28,29)11(36,37)15(44,45)19(52,53)22(57,58)59/h1H2,2H3. The molecule has 0 aliphatic rings. The summed E-state index contributed by atoms with van der Waals surface area (Å²) in [4.78, 5) is 11.4. The molecule has 0 bridgehead atoms. The maximum Gasteiger partial charge on any atom is 0.460 e. The Hall–Kier alpha value is -3.52. The van der Waals surface area contributed by atoms with Gasteiger partial charge in [0.05, 0.1) is 0 Å². The molecule has 2 nitrogen and oxygen atoms in total. The zero-order valence-electron chi connectivity index (χ0n) is 27.8. The van der Waals surface area contributed by atoms with Crippen molar-refractivity contribution in [3.63, 3.8) is 0 Å². The highest BCUT2D eigenvalue weighted by Gasteiger charge is 3.03. The molecular formula is C23H5F39O2. The molecule has 0 aromatic rings. The highest BCUT2D eigenvalue weighted by atomic mass is 19.5. The fourth-order valence-corrected chi connectivity index (χ4v) is 3.67. The lowest BCUT2D eigenvalue weighted by Crippen LogP contribution is -2.81. The summed E-state index contributed by atoms with van der Waals surface area (Å²) in [7, 11) is 0. The smallest absolute Gasteiger partial charge is 0.413 e. The van der Waals surface area contributed by atoms with Crippen LogP contribution in [0.5, 0.6) is 0 Å². The second-order valence-electron chi connectivity index (χ2n) is 12.0. The zero-order chi connectivity index (χ0) is 53.4. The van der Waals surface area contributed by atoms with Crippen molar-refractivity contribution in [3.05, 3.63) is 12.2 Å². The van der Waals surface area contributed by atoms with E-state index < -0.39 is 131 Å². The minimum atomic E-state index is -10.5. The number of ether oxygens (including phenoxy) is 1. The molecule has 0 aliphatic heterocycles. The second-order valence-corrected chi connectivity index (χ2v) is 12.0. The molecule has 0 aromatic carbocycles. The van der Waals surface area contributed by atoms with Gasteiger partial charge in [0.1, 0.15) is 0 Å². The third-order valence-electron chi connectivity index (χ3n) is 7.62. The summed E-state index contributed by atoms with van der Waals surface area (Å²) in [6, 6.07) is 0. The molecule has 0 aromatic heterocycles. The van der Waals surface area contributed by atoms with Crippen LogP contribution in [0, 0.1) is 0 Å². The van der Waals surface area contributed by atoms with Crippen molar-refractivity contribution in [2.75, 3.05) is 0 Å². The van der Waals surface area contributed by atoms with E-state index in [4.69, 9.17) is 0 Å².